The van der Waals surface area contributed by atoms with E-state index >= 15 is 0 Å². The molecule has 2 aromatic heterocycles. The van der Waals surface area contributed by atoms with Crippen LogP contribution in [0.5, 0.6) is 0 Å². The Labute approximate surface area is 99.5 Å². The van der Waals surface area contributed by atoms with E-state index in [1.165, 1.54) is 24.7 Å². The van der Waals surface area contributed by atoms with Crippen LogP contribution in [0.1, 0.15) is 10.4 Å². The number of carboxylic acid groups (broad SMARTS) is 1. The molecular weight excluding hydrogens is 252 g/mol. The highest BCUT2D eigenvalue weighted by atomic mass is 35.5. The van der Waals surface area contributed by atoms with Crippen LogP contribution in [0.15, 0.2) is 39.4 Å². The normalized spacial score (nSPS) is 10.3. The van der Waals surface area contributed by atoms with Crippen molar-refractivity contribution in [3.8, 4) is 0 Å². The van der Waals surface area contributed by atoms with Gasteiger partial charge in [0.1, 0.15) is 11.3 Å². The van der Waals surface area contributed by atoms with Crippen molar-refractivity contribution in [3.63, 3.8) is 0 Å². The largest absolute Gasteiger partial charge is 0.478 e. The van der Waals surface area contributed by atoms with E-state index in [2.05, 4.69) is 9.97 Å². The van der Waals surface area contributed by atoms with Crippen LogP contribution < -0.4 is 0 Å². The summed E-state index contributed by atoms with van der Waals surface area (Å²) in [6.07, 6.45) is 4.21. The summed E-state index contributed by atoms with van der Waals surface area (Å²) in [5, 5.41) is 9.81. The summed E-state index contributed by atoms with van der Waals surface area (Å²) >= 11 is 6.81. The number of hydrogen-bond acceptors (Lipinski definition) is 5. The zero-order valence-corrected chi connectivity index (χ0v) is 9.33. The lowest BCUT2D eigenvalue weighted by molar-refractivity contribution is 0.0696. The van der Waals surface area contributed by atoms with Gasteiger partial charge in [-0.25, -0.2) is 14.8 Å². The molecule has 0 aliphatic heterocycles. The monoisotopic (exact) mass is 256 g/mol. The summed E-state index contributed by atoms with van der Waals surface area (Å²) in [5.74, 6) is -1.10. The van der Waals surface area contributed by atoms with Crippen LogP contribution in [0.2, 0.25) is 5.02 Å². The van der Waals surface area contributed by atoms with Crippen molar-refractivity contribution in [2.24, 2.45) is 0 Å². The first kappa shape index (κ1) is 11.0. The van der Waals surface area contributed by atoms with Crippen LogP contribution in [0.4, 0.5) is 0 Å². The Hall–Kier alpha value is -1.53. The van der Waals surface area contributed by atoms with Crippen molar-refractivity contribution in [2.75, 3.05) is 0 Å². The molecule has 0 aliphatic carbocycles. The van der Waals surface area contributed by atoms with Crippen LogP contribution in [0, 0.1) is 0 Å². The maximum Gasteiger partial charge on any atom is 0.337 e. The van der Waals surface area contributed by atoms with Crippen molar-refractivity contribution >= 4 is 29.3 Å². The number of nitrogens with zero attached hydrogens (tertiary/aromatic N) is 2. The number of hydrogen-bond donors (Lipinski definition) is 1. The van der Waals surface area contributed by atoms with E-state index < -0.39 is 5.97 Å². The highest BCUT2D eigenvalue weighted by molar-refractivity contribution is 7.99. The summed E-state index contributed by atoms with van der Waals surface area (Å²) < 4.78 is 5.00. The van der Waals surface area contributed by atoms with E-state index in [1.807, 2.05) is 0 Å². The first-order valence-corrected chi connectivity index (χ1v) is 5.32. The number of carboxylic acids is 1. The number of carbonyl (C=O) groups is 1. The van der Waals surface area contributed by atoms with Crippen molar-refractivity contribution in [1.82, 2.24) is 9.97 Å². The van der Waals surface area contributed by atoms with Crippen molar-refractivity contribution < 1.29 is 14.3 Å². The van der Waals surface area contributed by atoms with Gasteiger partial charge < -0.3 is 9.52 Å². The van der Waals surface area contributed by atoms with Crippen molar-refractivity contribution in [3.05, 3.63) is 35.3 Å². The van der Waals surface area contributed by atoms with E-state index in [9.17, 15) is 4.79 Å². The van der Waals surface area contributed by atoms with Gasteiger partial charge in [0.25, 0.3) is 5.22 Å². The highest BCUT2D eigenvalue weighted by Gasteiger charge is 2.12. The molecule has 2 aromatic rings. The van der Waals surface area contributed by atoms with Gasteiger partial charge in [-0.05, 0) is 17.8 Å². The summed E-state index contributed by atoms with van der Waals surface area (Å²) in [6, 6.07) is 1.37. The van der Waals surface area contributed by atoms with Gasteiger partial charge in [0.05, 0.1) is 16.8 Å². The molecule has 0 aromatic carbocycles. The SMILES string of the molecule is O=C(O)c1cc(Sc2ncco2)ncc1Cl. The molecule has 0 saturated carbocycles. The number of rotatable bonds is 3. The molecule has 7 heteroatoms. The van der Waals surface area contributed by atoms with Gasteiger partial charge in [-0.2, -0.15) is 0 Å². The molecule has 5 nitrogen and oxygen atoms in total. The van der Waals surface area contributed by atoms with Gasteiger partial charge >= 0.3 is 5.97 Å². The smallest absolute Gasteiger partial charge is 0.337 e. The quantitative estimate of drug-likeness (QED) is 0.910. The van der Waals surface area contributed by atoms with Crippen LogP contribution in [0.25, 0.3) is 0 Å². The number of pyridine rings is 1. The zero-order chi connectivity index (χ0) is 11.5. The average Bonchev–Trinajstić information content (AvgIpc) is 2.73. The van der Waals surface area contributed by atoms with E-state index in [-0.39, 0.29) is 10.6 Å². The fourth-order valence-electron chi connectivity index (χ4n) is 0.989. The maximum atomic E-state index is 10.8. The van der Waals surface area contributed by atoms with E-state index in [1.54, 1.807) is 0 Å². The number of oxazole rings is 1. The third kappa shape index (κ3) is 2.34. The molecule has 0 spiro atoms. The molecule has 0 unspecified atom stereocenters. The van der Waals surface area contributed by atoms with Crippen LogP contribution in [-0.4, -0.2) is 21.0 Å². The zero-order valence-electron chi connectivity index (χ0n) is 7.75. The number of halogens is 1. The van der Waals surface area contributed by atoms with Crippen LogP contribution >= 0.6 is 23.4 Å². The summed E-state index contributed by atoms with van der Waals surface area (Å²) in [4.78, 5) is 18.7. The minimum atomic E-state index is -1.10. The fourth-order valence-corrected chi connectivity index (χ4v) is 1.85. The predicted octanol–water partition coefficient (Wildman–Crippen LogP) is 2.57. The molecule has 0 bridgehead atoms. The Morgan fingerprint density at radius 2 is 2.31 bits per heavy atom. The van der Waals surface area contributed by atoms with Gasteiger partial charge in [0.2, 0.25) is 0 Å². The van der Waals surface area contributed by atoms with Crippen molar-refractivity contribution in [2.45, 2.75) is 10.2 Å². The Morgan fingerprint density at radius 1 is 1.50 bits per heavy atom. The van der Waals surface area contributed by atoms with Gasteiger partial charge in [-0.1, -0.05) is 11.6 Å². The molecule has 1 N–H and O–H groups in total. The summed E-state index contributed by atoms with van der Waals surface area (Å²) in [6.45, 7) is 0. The summed E-state index contributed by atoms with van der Waals surface area (Å²) in [7, 11) is 0. The highest BCUT2D eigenvalue weighted by Crippen LogP contribution is 2.27. The lowest BCUT2D eigenvalue weighted by Gasteiger charge is -2.00. The third-order valence-corrected chi connectivity index (χ3v) is 2.77. The molecule has 2 heterocycles. The molecule has 0 atom stereocenters. The fraction of sp³-hybridized carbons (Fsp3) is 0. The average molecular weight is 257 g/mol. The molecule has 0 saturated heterocycles. The molecule has 0 radical (unpaired) electrons. The molecule has 82 valence electrons. The topological polar surface area (TPSA) is 76.2 Å². The van der Waals surface area contributed by atoms with E-state index in [0.717, 1.165) is 11.8 Å². The molecule has 0 amide bonds. The maximum absolute atomic E-state index is 10.8. The Kier molecular flexibility index (Phi) is 3.12. The second-order valence-electron chi connectivity index (χ2n) is 2.71. The second kappa shape index (κ2) is 4.54. The van der Waals surface area contributed by atoms with Gasteiger partial charge in [0.15, 0.2) is 0 Å². The van der Waals surface area contributed by atoms with Gasteiger partial charge in [-0.15, -0.1) is 0 Å². The number of aromatic carboxylic acids is 1. The van der Waals surface area contributed by atoms with Crippen LogP contribution in [-0.2, 0) is 0 Å². The minimum Gasteiger partial charge on any atom is -0.478 e. The van der Waals surface area contributed by atoms with E-state index in [4.69, 9.17) is 21.1 Å². The molecule has 0 fully saturated rings. The predicted molar refractivity (Wildman–Crippen MR) is 56.8 cm³/mol. The first-order valence-electron chi connectivity index (χ1n) is 4.13. The summed E-state index contributed by atoms with van der Waals surface area (Å²) in [5.41, 5.74) is 0.00530. The minimum absolute atomic E-state index is 0.00530. The van der Waals surface area contributed by atoms with Crippen molar-refractivity contribution in [1.29, 1.82) is 0 Å². The molecule has 16 heavy (non-hydrogen) atoms. The Bertz CT molecular complexity index is 515. The number of aromatic nitrogens is 2. The second-order valence-corrected chi connectivity index (χ2v) is 4.09. The lowest BCUT2D eigenvalue weighted by Crippen LogP contribution is -1.98. The molecular formula is C9H5ClN2O3S. The first-order chi connectivity index (χ1) is 7.66. The van der Waals surface area contributed by atoms with Gasteiger partial charge in [-0.3, -0.25) is 0 Å². The Morgan fingerprint density at radius 3 is 2.94 bits per heavy atom. The molecule has 2 rings (SSSR count). The Balaban J connectivity index is 2.29. The third-order valence-electron chi connectivity index (χ3n) is 1.66. The van der Waals surface area contributed by atoms with E-state index in [0.29, 0.717) is 10.2 Å². The standard InChI is InChI=1S/C9H5ClN2O3S/c10-6-4-12-7(3-5(6)8(13)14)16-9-11-1-2-15-9/h1-4H,(H,13,14). The lowest BCUT2D eigenvalue weighted by atomic mass is 10.3. The molecule has 0 aliphatic rings. The van der Waals surface area contributed by atoms with Crippen LogP contribution in [0.3, 0.4) is 0 Å². The van der Waals surface area contributed by atoms with Gasteiger partial charge in [0, 0.05) is 6.20 Å².